The maximum absolute atomic E-state index is 4.43. The zero-order valence-corrected chi connectivity index (χ0v) is 10.9. The lowest BCUT2D eigenvalue weighted by Gasteiger charge is -2.22. The van der Waals surface area contributed by atoms with Crippen LogP contribution in [-0.4, -0.2) is 21.1 Å². The number of aromatic nitrogens is 3. The van der Waals surface area contributed by atoms with E-state index in [0.29, 0.717) is 0 Å². The van der Waals surface area contributed by atoms with Crippen LogP contribution in [0.2, 0.25) is 0 Å². The van der Waals surface area contributed by atoms with Crippen LogP contribution in [0.5, 0.6) is 0 Å². The lowest BCUT2D eigenvalue weighted by molar-refractivity contribution is 0.373. The molecule has 0 atom stereocenters. The monoisotopic (exact) mass is 244 g/mol. The molecule has 0 bridgehead atoms. The Balaban J connectivity index is 1.73. The number of rotatable bonds is 3. The van der Waals surface area contributed by atoms with E-state index in [1.54, 1.807) is 0 Å². The van der Waals surface area contributed by atoms with Crippen LogP contribution in [0.1, 0.15) is 37.8 Å². The summed E-state index contributed by atoms with van der Waals surface area (Å²) < 4.78 is 1.89. The summed E-state index contributed by atoms with van der Waals surface area (Å²) in [6.45, 7) is 3.05. The predicted molar refractivity (Wildman–Crippen MR) is 72.8 cm³/mol. The fourth-order valence-electron chi connectivity index (χ4n) is 2.81. The molecule has 4 nitrogen and oxygen atoms in total. The van der Waals surface area contributed by atoms with Crippen LogP contribution in [0.4, 0.5) is 5.82 Å². The van der Waals surface area contributed by atoms with Gasteiger partial charge < -0.3 is 5.32 Å². The van der Waals surface area contributed by atoms with Gasteiger partial charge in [-0.3, -0.25) is 0 Å². The fourth-order valence-corrected chi connectivity index (χ4v) is 2.81. The van der Waals surface area contributed by atoms with Crippen molar-refractivity contribution in [2.45, 2.75) is 39.0 Å². The maximum Gasteiger partial charge on any atom is 0.152 e. The molecule has 2 aromatic heterocycles. The van der Waals surface area contributed by atoms with Crippen molar-refractivity contribution in [3.05, 3.63) is 24.2 Å². The minimum Gasteiger partial charge on any atom is -0.368 e. The van der Waals surface area contributed by atoms with E-state index in [2.05, 4.69) is 21.5 Å². The van der Waals surface area contributed by atoms with E-state index >= 15 is 0 Å². The molecule has 1 N–H and O–H groups in total. The lowest BCUT2D eigenvalue weighted by atomic mass is 9.89. The smallest absolute Gasteiger partial charge is 0.152 e. The molecule has 0 amide bonds. The molecule has 1 aliphatic rings. The maximum atomic E-state index is 4.43. The molecule has 1 saturated carbocycles. The number of hydrogen-bond donors (Lipinski definition) is 1. The van der Waals surface area contributed by atoms with Gasteiger partial charge in [0.05, 0.1) is 5.69 Å². The average Bonchev–Trinajstić information content (AvgIpc) is 2.78. The van der Waals surface area contributed by atoms with Crippen LogP contribution in [-0.2, 0) is 0 Å². The highest BCUT2D eigenvalue weighted by atomic mass is 15.2. The molecule has 4 heteroatoms. The molecule has 0 aromatic carbocycles. The Bertz CT molecular complexity index is 526. The van der Waals surface area contributed by atoms with Gasteiger partial charge in [0.1, 0.15) is 5.52 Å². The molecule has 2 heterocycles. The van der Waals surface area contributed by atoms with Crippen LogP contribution >= 0.6 is 0 Å². The summed E-state index contributed by atoms with van der Waals surface area (Å²) in [6.07, 6.45) is 10.6. The van der Waals surface area contributed by atoms with E-state index in [0.717, 1.165) is 29.5 Å². The number of nitrogens with one attached hydrogen (secondary N) is 1. The van der Waals surface area contributed by atoms with Crippen LogP contribution in [0.15, 0.2) is 18.5 Å². The van der Waals surface area contributed by atoms with Gasteiger partial charge in [-0.25, -0.2) is 9.50 Å². The second-order valence-electron chi connectivity index (χ2n) is 5.28. The van der Waals surface area contributed by atoms with Crippen LogP contribution in [0.3, 0.4) is 0 Å². The summed E-state index contributed by atoms with van der Waals surface area (Å²) in [4.78, 5) is 4.43. The molecule has 0 radical (unpaired) electrons. The first-order valence-electron chi connectivity index (χ1n) is 6.88. The minimum absolute atomic E-state index is 0.810. The fraction of sp³-hybridized carbons (Fsp3) is 0.571. The molecule has 0 aliphatic heterocycles. The van der Waals surface area contributed by atoms with E-state index in [1.807, 2.05) is 23.8 Å². The van der Waals surface area contributed by atoms with Gasteiger partial charge in [-0.15, -0.1) is 0 Å². The number of anilines is 1. The highest BCUT2D eigenvalue weighted by Gasteiger charge is 2.14. The molecular formula is C14H20N4. The number of aryl methyl sites for hydroxylation is 1. The topological polar surface area (TPSA) is 42.2 Å². The Kier molecular flexibility index (Phi) is 3.17. The molecule has 0 saturated heterocycles. The summed E-state index contributed by atoms with van der Waals surface area (Å²) in [7, 11) is 0. The third-order valence-electron chi connectivity index (χ3n) is 3.79. The van der Waals surface area contributed by atoms with Crippen molar-refractivity contribution < 1.29 is 0 Å². The van der Waals surface area contributed by atoms with Crippen molar-refractivity contribution in [3.8, 4) is 0 Å². The van der Waals surface area contributed by atoms with Gasteiger partial charge in [-0.2, -0.15) is 5.10 Å². The number of fused-ring (bicyclic) bond motifs is 1. The summed E-state index contributed by atoms with van der Waals surface area (Å²) >= 11 is 0. The van der Waals surface area contributed by atoms with Crippen LogP contribution in [0, 0.1) is 12.8 Å². The first-order chi connectivity index (χ1) is 8.83. The van der Waals surface area contributed by atoms with E-state index in [-0.39, 0.29) is 0 Å². The van der Waals surface area contributed by atoms with Gasteiger partial charge in [-0.05, 0) is 31.7 Å². The summed E-state index contributed by atoms with van der Waals surface area (Å²) in [5.41, 5.74) is 2.11. The molecule has 18 heavy (non-hydrogen) atoms. The second-order valence-corrected chi connectivity index (χ2v) is 5.28. The molecule has 1 aliphatic carbocycles. The Morgan fingerprint density at radius 3 is 3.00 bits per heavy atom. The van der Waals surface area contributed by atoms with Crippen LogP contribution in [0.25, 0.3) is 5.52 Å². The molecule has 0 unspecified atom stereocenters. The zero-order chi connectivity index (χ0) is 12.4. The lowest BCUT2D eigenvalue weighted by Crippen LogP contribution is -2.18. The normalized spacial score (nSPS) is 17.2. The Hall–Kier alpha value is -1.58. The minimum atomic E-state index is 0.810. The van der Waals surface area contributed by atoms with Crippen molar-refractivity contribution >= 4 is 11.3 Å². The van der Waals surface area contributed by atoms with Gasteiger partial charge in [0.25, 0.3) is 0 Å². The summed E-state index contributed by atoms with van der Waals surface area (Å²) in [5, 5.41) is 7.90. The van der Waals surface area contributed by atoms with Gasteiger partial charge in [0.15, 0.2) is 5.82 Å². The van der Waals surface area contributed by atoms with Crippen molar-refractivity contribution in [3.63, 3.8) is 0 Å². The molecule has 96 valence electrons. The van der Waals surface area contributed by atoms with Gasteiger partial charge >= 0.3 is 0 Å². The Morgan fingerprint density at radius 2 is 2.17 bits per heavy atom. The number of nitrogens with zero attached hydrogens (tertiary/aromatic N) is 3. The Labute approximate surface area is 107 Å². The Morgan fingerprint density at radius 1 is 1.33 bits per heavy atom. The van der Waals surface area contributed by atoms with Gasteiger partial charge in [-0.1, -0.05) is 19.3 Å². The van der Waals surface area contributed by atoms with E-state index in [1.165, 1.54) is 32.1 Å². The van der Waals surface area contributed by atoms with Gasteiger partial charge in [0, 0.05) is 18.9 Å². The standard InChI is InChI=1S/C14H20N4/c1-11-9-13-14(15-7-8-18(13)17-11)16-10-12-5-3-2-4-6-12/h7-9,12H,2-6,10H2,1H3,(H,15,16). The quantitative estimate of drug-likeness (QED) is 0.902. The predicted octanol–water partition coefficient (Wildman–Crippen LogP) is 3.03. The largest absolute Gasteiger partial charge is 0.368 e. The summed E-state index contributed by atoms with van der Waals surface area (Å²) in [5.74, 6) is 1.77. The van der Waals surface area contributed by atoms with Crippen molar-refractivity contribution in [1.82, 2.24) is 14.6 Å². The molecule has 2 aromatic rings. The molecule has 0 spiro atoms. The third-order valence-corrected chi connectivity index (χ3v) is 3.79. The molecule has 1 fully saturated rings. The van der Waals surface area contributed by atoms with Crippen molar-refractivity contribution in [2.75, 3.05) is 11.9 Å². The first-order valence-corrected chi connectivity index (χ1v) is 6.88. The highest BCUT2D eigenvalue weighted by molar-refractivity contribution is 5.67. The molecular weight excluding hydrogens is 224 g/mol. The highest BCUT2D eigenvalue weighted by Crippen LogP contribution is 2.24. The first kappa shape index (κ1) is 11.5. The second kappa shape index (κ2) is 4.96. The van der Waals surface area contributed by atoms with E-state index in [9.17, 15) is 0 Å². The third kappa shape index (κ3) is 2.33. The molecule has 3 rings (SSSR count). The van der Waals surface area contributed by atoms with Crippen molar-refractivity contribution in [1.29, 1.82) is 0 Å². The van der Waals surface area contributed by atoms with Crippen LogP contribution < -0.4 is 5.32 Å². The average molecular weight is 244 g/mol. The van der Waals surface area contributed by atoms with Gasteiger partial charge in [0.2, 0.25) is 0 Å². The zero-order valence-electron chi connectivity index (χ0n) is 10.9. The summed E-state index contributed by atoms with van der Waals surface area (Å²) in [6, 6.07) is 2.08. The van der Waals surface area contributed by atoms with E-state index in [4.69, 9.17) is 0 Å². The SMILES string of the molecule is Cc1cc2c(NCC3CCCCC3)nccn2n1. The van der Waals surface area contributed by atoms with Crippen molar-refractivity contribution in [2.24, 2.45) is 5.92 Å². The van der Waals surface area contributed by atoms with E-state index < -0.39 is 0 Å². The number of hydrogen-bond acceptors (Lipinski definition) is 3.